The molecule has 1 aromatic heterocycles. The highest BCUT2D eigenvalue weighted by molar-refractivity contribution is 7.12. The van der Waals surface area contributed by atoms with Crippen LogP contribution in [0.25, 0.3) is 0 Å². The molecule has 0 unspecified atom stereocenters. The average molecular weight is 290 g/mol. The second-order valence-corrected chi connectivity index (χ2v) is 5.10. The minimum atomic E-state index is -0.409. The lowest BCUT2D eigenvalue weighted by Crippen LogP contribution is -2.13. The summed E-state index contributed by atoms with van der Waals surface area (Å²) >= 11 is 1.28. The summed E-state index contributed by atoms with van der Waals surface area (Å²) < 4.78 is 4.65. The van der Waals surface area contributed by atoms with Gasteiger partial charge in [0.05, 0.1) is 18.4 Å². The van der Waals surface area contributed by atoms with Gasteiger partial charge in [-0.15, -0.1) is 11.3 Å². The van der Waals surface area contributed by atoms with Gasteiger partial charge in [0.1, 0.15) is 4.88 Å². The predicted molar refractivity (Wildman–Crippen MR) is 79.2 cm³/mol. The number of rotatable bonds is 3. The molecule has 2 rings (SSSR count). The number of benzene rings is 1. The van der Waals surface area contributed by atoms with Crippen LogP contribution in [0.2, 0.25) is 0 Å². The first-order valence-electron chi connectivity index (χ1n) is 5.86. The number of anilines is 2. The highest BCUT2D eigenvalue weighted by Crippen LogP contribution is 2.22. The molecule has 0 radical (unpaired) electrons. The molecule has 1 aromatic carbocycles. The summed E-state index contributed by atoms with van der Waals surface area (Å²) in [4.78, 5) is 23.9. The van der Waals surface area contributed by atoms with Gasteiger partial charge in [-0.2, -0.15) is 0 Å². The zero-order valence-corrected chi connectivity index (χ0v) is 11.9. The first-order valence-corrected chi connectivity index (χ1v) is 6.74. The number of carbonyl (C=O) groups excluding carboxylic acids is 2. The van der Waals surface area contributed by atoms with Gasteiger partial charge < -0.3 is 15.8 Å². The second-order valence-electron chi connectivity index (χ2n) is 4.18. The third kappa shape index (κ3) is 2.80. The molecular formula is C14H14N2O3S. The molecule has 6 heteroatoms. The molecule has 104 valence electrons. The summed E-state index contributed by atoms with van der Waals surface area (Å²) in [7, 11) is 1.33. The van der Waals surface area contributed by atoms with Crippen molar-refractivity contribution < 1.29 is 14.3 Å². The van der Waals surface area contributed by atoms with Gasteiger partial charge >= 0.3 is 5.97 Å². The summed E-state index contributed by atoms with van der Waals surface area (Å²) in [6, 6.07) is 6.63. The molecule has 0 saturated heterocycles. The molecule has 0 atom stereocenters. The van der Waals surface area contributed by atoms with Gasteiger partial charge in [-0.05, 0) is 42.1 Å². The van der Waals surface area contributed by atoms with Crippen molar-refractivity contribution in [1.29, 1.82) is 0 Å². The Morgan fingerprint density at radius 3 is 2.60 bits per heavy atom. The van der Waals surface area contributed by atoms with Crippen molar-refractivity contribution in [1.82, 2.24) is 0 Å². The Morgan fingerprint density at radius 2 is 2.05 bits per heavy atom. The summed E-state index contributed by atoms with van der Waals surface area (Å²) in [5.74, 6) is -0.667. The molecule has 2 aromatic rings. The molecule has 1 heterocycles. The molecular weight excluding hydrogens is 276 g/mol. The minimum Gasteiger partial charge on any atom is -0.465 e. The van der Waals surface area contributed by atoms with E-state index in [2.05, 4.69) is 10.1 Å². The summed E-state index contributed by atoms with van der Waals surface area (Å²) in [5.41, 5.74) is 8.01. The van der Waals surface area contributed by atoms with Crippen LogP contribution in [-0.2, 0) is 4.74 Å². The van der Waals surface area contributed by atoms with Crippen molar-refractivity contribution in [3.63, 3.8) is 0 Å². The Kier molecular flexibility index (Phi) is 4.05. The highest BCUT2D eigenvalue weighted by Gasteiger charge is 2.13. The fraction of sp³-hybridized carbons (Fsp3) is 0.143. The molecule has 0 aliphatic rings. The van der Waals surface area contributed by atoms with Crippen molar-refractivity contribution in [2.24, 2.45) is 0 Å². The highest BCUT2D eigenvalue weighted by atomic mass is 32.1. The van der Waals surface area contributed by atoms with Crippen LogP contribution in [0.4, 0.5) is 11.4 Å². The fourth-order valence-electron chi connectivity index (χ4n) is 1.73. The number of aryl methyl sites for hydroxylation is 1. The second kappa shape index (κ2) is 5.75. The number of esters is 1. The molecule has 0 bridgehead atoms. The number of amides is 1. The van der Waals surface area contributed by atoms with E-state index in [-0.39, 0.29) is 5.91 Å². The number of nitrogens with two attached hydrogens (primary N) is 1. The number of thiophene rings is 1. The number of nitrogens with one attached hydrogen (secondary N) is 1. The number of nitrogen functional groups attached to an aromatic ring is 1. The lowest BCUT2D eigenvalue weighted by atomic mass is 10.1. The van der Waals surface area contributed by atoms with Crippen molar-refractivity contribution in [2.45, 2.75) is 6.92 Å². The predicted octanol–water partition coefficient (Wildman–Crippen LogP) is 2.68. The zero-order valence-electron chi connectivity index (χ0n) is 11.1. The quantitative estimate of drug-likeness (QED) is 0.851. The number of ether oxygens (including phenoxy) is 1. The standard InChI is InChI=1S/C14H14N2O3S/c1-8-7-9(14(18)19-2)3-4-11(8)16-13(17)12-10(15)5-6-20-12/h3-7H,15H2,1-2H3,(H,16,17). The van der Waals surface area contributed by atoms with Crippen LogP contribution in [0.5, 0.6) is 0 Å². The molecule has 20 heavy (non-hydrogen) atoms. The Morgan fingerprint density at radius 1 is 1.30 bits per heavy atom. The van der Waals surface area contributed by atoms with E-state index >= 15 is 0 Å². The van der Waals surface area contributed by atoms with E-state index in [9.17, 15) is 9.59 Å². The SMILES string of the molecule is COC(=O)c1ccc(NC(=O)c2sccc2N)c(C)c1. The maximum atomic E-state index is 12.1. The topological polar surface area (TPSA) is 81.4 Å². The van der Waals surface area contributed by atoms with Crippen molar-refractivity contribution >= 4 is 34.6 Å². The van der Waals surface area contributed by atoms with E-state index in [1.165, 1.54) is 18.4 Å². The maximum Gasteiger partial charge on any atom is 0.337 e. The lowest BCUT2D eigenvalue weighted by Gasteiger charge is -2.09. The van der Waals surface area contributed by atoms with E-state index in [0.717, 1.165) is 5.56 Å². The van der Waals surface area contributed by atoms with E-state index in [0.29, 0.717) is 21.8 Å². The molecule has 3 N–H and O–H groups in total. The van der Waals surface area contributed by atoms with Crippen LogP contribution in [0.15, 0.2) is 29.6 Å². The van der Waals surface area contributed by atoms with Gasteiger partial charge in [0.25, 0.3) is 5.91 Å². The minimum absolute atomic E-state index is 0.258. The van der Waals surface area contributed by atoms with Gasteiger partial charge in [-0.3, -0.25) is 4.79 Å². The van der Waals surface area contributed by atoms with E-state index in [1.807, 2.05) is 0 Å². The van der Waals surface area contributed by atoms with Gasteiger partial charge in [0.15, 0.2) is 0 Å². The van der Waals surface area contributed by atoms with Gasteiger partial charge in [-0.1, -0.05) is 0 Å². The van der Waals surface area contributed by atoms with E-state index in [1.54, 1.807) is 36.6 Å². The van der Waals surface area contributed by atoms with Gasteiger partial charge in [0, 0.05) is 5.69 Å². The molecule has 0 fully saturated rings. The molecule has 0 aliphatic carbocycles. The summed E-state index contributed by atoms with van der Waals surface area (Å²) in [6.07, 6.45) is 0. The maximum absolute atomic E-state index is 12.1. The number of hydrogen-bond acceptors (Lipinski definition) is 5. The zero-order chi connectivity index (χ0) is 14.7. The molecule has 0 spiro atoms. The van der Waals surface area contributed by atoms with Crippen LogP contribution in [0.3, 0.4) is 0 Å². The number of carbonyl (C=O) groups is 2. The van der Waals surface area contributed by atoms with Gasteiger partial charge in [-0.25, -0.2) is 4.79 Å². The Bertz CT molecular complexity index is 664. The molecule has 5 nitrogen and oxygen atoms in total. The van der Waals surface area contributed by atoms with Crippen LogP contribution >= 0.6 is 11.3 Å². The van der Waals surface area contributed by atoms with Crippen LogP contribution in [0, 0.1) is 6.92 Å². The fourth-order valence-corrected chi connectivity index (χ4v) is 2.44. The van der Waals surface area contributed by atoms with Crippen molar-refractivity contribution in [2.75, 3.05) is 18.2 Å². The van der Waals surface area contributed by atoms with E-state index < -0.39 is 5.97 Å². The molecule has 0 aliphatic heterocycles. The summed E-state index contributed by atoms with van der Waals surface area (Å²) in [6.45, 7) is 1.81. The first kappa shape index (κ1) is 14.1. The Labute approximate surface area is 120 Å². The monoisotopic (exact) mass is 290 g/mol. The van der Waals surface area contributed by atoms with Crippen LogP contribution in [0.1, 0.15) is 25.6 Å². The Hall–Kier alpha value is -2.34. The van der Waals surface area contributed by atoms with Crippen LogP contribution < -0.4 is 11.1 Å². The van der Waals surface area contributed by atoms with Crippen molar-refractivity contribution in [3.05, 3.63) is 45.6 Å². The summed E-state index contributed by atoms with van der Waals surface area (Å²) in [5, 5.41) is 4.54. The van der Waals surface area contributed by atoms with Crippen LogP contribution in [-0.4, -0.2) is 19.0 Å². The third-order valence-corrected chi connectivity index (χ3v) is 3.73. The normalized spacial score (nSPS) is 10.1. The third-order valence-electron chi connectivity index (χ3n) is 2.80. The van der Waals surface area contributed by atoms with Gasteiger partial charge in [0.2, 0.25) is 0 Å². The number of methoxy groups -OCH3 is 1. The first-order chi connectivity index (χ1) is 9.52. The lowest BCUT2D eigenvalue weighted by molar-refractivity contribution is 0.0600. The number of hydrogen-bond donors (Lipinski definition) is 2. The van der Waals surface area contributed by atoms with E-state index in [4.69, 9.17) is 5.73 Å². The molecule has 1 amide bonds. The largest absolute Gasteiger partial charge is 0.465 e. The molecule has 0 saturated carbocycles. The van der Waals surface area contributed by atoms with Crippen molar-refractivity contribution in [3.8, 4) is 0 Å². The smallest absolute Gasteiger partial charge is 0.337 e. The Balaban J connectivity index is 2.20. The average Bonchev–Trinajstić information content (AvgIpc) is 2.86.